The summed E-state index contributed by atoms with van der Waals surface area (Å²) in [6.07, 6.45) is 1.69. The van der Waals surface area contributed by atoms with Crippen LogP contribution in [-0.2, 0) is 12.0 Å². The first-order valence-electron chi connectivity index (χ1n) is 11.2. The van der Waals surface area contributed by atoms with Crippen LogP contribution in [0.5, 0.6) is 0 Å². The molecule has 0 bridgehead atoms. The Bertz CT molecular complexity index is 1350. The van der Waals surface area contributed by atoms with E-state index in [4.69, 9.17) is 16.1 Å². The fourth-order valence-electron chi connectivity index (χ4n) is 3.88. The molecule has 1 aliphatic heterocycles. The summed E-state index contributed by atoms with van der Waals surface area (Å²) in [4.78, 5) is 33.2. The number of carbonyl (C=O) groups excluding carboxylic acids is 2. The number of hydrogen-bond donors (Lipinski definition) is 3. The molecule has 0 fully saturated rings. The van der Waals surface area contributed by atoms with Crippen molar-refractivity contribution < 1.29 is 18.5 Å². The van der Waals surface area contributed by atoms with Crippen LogP contribution >= 0.6 is 11.6 Å². The van der Waals surface area contributed by atoms with Crippen molar-refractivity contribution in [2.75, 3.05) is 39.8 Å². The minimum Gasteiger partial charge on any atom is -0.373 e. The summed E-state index contributed by atoms with van der Waals surface area (Å²) in [6, 6.07) is 3.38. The lowest BCUT2D eigenvalue weighted by atomic mass is 9.92. The quantitative estimate of drug-likeness (QED) is 0.408. The highest BCUT2D eigenvalue weighted by atomic mass is 35.5. The van der Waals surface area contributed by atoms with Gasteiger partial charge in [0.05, 0.1) is 23.6 Å². The first kappa shape index (κ1) is 25.2. The first-order valence-corrected chi connectivity index (χ1v) is 11.5. The fraction of sp³-hybridized carbons (Fsp3) is 0.333. The van der Waals surface area contributed by atoms with E-state index in [0.717, 1.165) is 11.3 Å². The zero-order chi connectivity index (χ0) is 26.4. The van der Waals surface area contributed by atoms with Gasteiger partial charge in [0.15, 0.2) is 0 Å². The van der Waals surface area contributed by atoms with Crippen LogP contribution < -0.4 is 25.8 Å². The summed E-state index contributed by atoms with van der Waals surface area (Å²) in [6.45, 7) is 7.62. The van der Waals surface area contributed by atoms with E-state index in [1.165, 1.54) is 21.9 Å². The van der Waals surface area contributed by atoms with E-state index < -0.39 is 17.3 Å². The van der Waals surface area contributed by atoms with E-state index in [1.807, 2.05) is 20.8 Å². The normalized spacial score (nSPS) is 13.5. The lowest BCUT2D eigenvalue weighted by Crippen LogP contribution is -2.45. The number of fused-ring (bicyclic) bond motifs is 1. The van der Waals surface area contributed by atoms with Crippen LogP contribution in [0.15, 0.2) is 28.9 Å². The number of anilines is 5. The van der Waals surface area contributed by atoms with Crippen molar-refractivity contribution in [1.82, 2.24) is 10.1 Å². The third-order valence-electron chi connectivity index (χ3n) is 5.82. The van der Waals surface area contributed by atoms with E-state index >= 15 is 0 Å². The highest BCUT2D eigenvalue weighted by Gasteiger charge is 2.31. The molecule has 3 N–H and O–H groups in total. The van der Waals surface area contributed by atoms with Crippen molar-refractivity contribution in [2.45, 2.75) is 39.7 Å². The average molecular weight is 516 g/mol. The molecule has 1 aromatic carbocycles. The predicted molar refractivity (Wildman–Crippen MR) is 138 cm³/mol. The topological polar surface area (TPSA) is 116 Å². The molecule has 1 aliphatic rings. The van der Waals surface area contributed by atoms with Crippen LogP contribution in [0, 0.1) is 12.7 Å². The van der Waals surface area contributed by atoms with E-state index in [2.05, 4.69) is 26.1 Å². The minimum absolute atomic E-state index is 0.0512. The van der Waals surface area contributed by atoms with Crippen LogP contribution in [-0.4, -0.2) is 36.3 Å². The predicted octanol–water partition coefficient (Wildman–Crippen LogP) is 5.73. The van der Waals surface area contributed by atoms with Crippen LogP contribution in [0.1, 0.15) is 37.6 Å². The first-order chi connectivity index (χ1) is 16.9. The van der Waals surface area contributed by atoms with Gasteiger partial charge in [0, 0.05) is 37.3 Å². The second kappa shape index (κ2) is 9.30. The Morgan fingerprint density at radius 1 is 1.19 bits per heavy atom. The number of pyridine rings is 1. The lowest BCUT2D eigenvalue weighted by molar-refractivity contribution is 0.251. The number of benzene rings is 1. The van der Waals surface area contributed by atoms with Gasteiger partial charge in [0.1, 0.15) is 22.4 Å². The second-order valence-corrected chi connectivity index (χ2v) is 9.88. The Labute approximate surface area is 212 Å². The zero-order valence-corrected chi connectivity index (χ0v) is 21.5. The van der Waals surface area contributed by atoms with Gasteiger partial charge in [-0.2, -0.15) is 0 Å². The Morgan fingerprint density at radius 3 is 2.56 bits per heavy atom. The molecule has 12 heteroatoms. The summed E-state index contributed by atoms with van der Waals surface area (Å²) in [5.41, 5.74) is 2.48. The molecule has 10 nitrogen and oxygen atoms in total. The highest BCUT2D eigenvalue weighted by molar-refractivity contribution is 6.34. The van der Waals surface area contributed by atoms with Gasteiger partial charge >= 0.3 is 12.1 Å². The largest absolute Gasteiger partial charge is 0.373 e. The molecule has 2 aromatic heterocycles. The zero-order valence-electron chi connectivity index (χ0n) is 20.8. The molecule has 190 valence electrons. The second-order valence-electron chi connectivity index (χ2n) is 9.50. The molecule has 4 amide bonds. The van der Waals surface area contributed by atoms with Gasteiger partial charge < -0.3 is 15.2 Å². The van der Waals surface area contributed by atoms with Crippen LogP contribution in [0.4, 0.5) is 42.7 Å². The van der Waals surface area contributed by atoms with Crippen molar-refractivity contribution in [3.8, 4) is 0 Å². The van der Waals surface area contributed by atoms with Crippen molar-refractivity contribution in [3.05, 3.63) is 52.1 Å². The van der Waals surface area contributed by atoms with Crippen molar-refractivity contribution in [2.24, 2.45) is 0 Å². The maximum absolute atomic E-state index is 14.8. The number of halogens is 2. The number of aromatic nitrogens is 2. The third kappa shape index (κ3) is 4.66. The van der Waals surface area contributed by atoms with Gasteiger partial charge in [-0.25, -0.2) is 19.0 Å². The minimum atomic E-state index is -0.779. The molecule has 3 aromatic rings. The SMILES string of the molecule is CNc1cc2c(cn1)CN(c1cc(NC(=O)Nc3onc(C(C)(C)C)c3Cl)c(F)cc1C)C(=O)N2C. The number of hydrogen-bond acceptors (Lipinski definition) is 6. The van der Waals surface area contributed by atoms with Gasteiger partial charge in [-0.3, -0.25) is 15.1 Å². The van der Waals surface area contributed by atoms with E-state index in [0.29, 0.717) is 22.8 Å². The molecule has 36 heavy (non-hydrogen) atoms. The number of urea groups is 2. The van der Waals surface area contributed by atoms with Crippen LogP contribution in [0.2, 0.25) is 5.02 Å². The Kier molecular flexibility index (Phi) is 6.52. The number of nitrogens with one attached hydrogen (secondary N) is 3. The summed E-state index contributed by atoms with van der Waals surface area (Å²) in [7, 11) is 3.41. The van der Waals surface area contributed by atoms with Crippen LogP contribution in [0.3, 0.4) is 0 Å². The molecule has 0 radical (unpaired) electrons. The summed E-state index contributed by atoms with van der Waals surface area (Å²) in [5, 5.41) is 11.9. The standard InChI is InChI=1S/C24H27ClFN7O3/c1-12-7-14(26)15(29-22(34)30-21-19(25)20(31-36-21)24(2,3)4)8-16(12)33-11-13-10-28-18(27-5)9-17(13)32(6)23(33)35/h7-10H,11H2,1-6H3,(H,27,28)(H2,29,30,34). The van der Waals surface area contributed by atoms with Crippen molar-refractivity contribution >= 4 is 52.4 Å². The molecule has 4 rings (SSSR count). The van der Waals surface area contributed by atoms with E-state index in [1.54, 1.807) is 33.3 Å². The summed E-state index contributed by atoms with van der Waals surface area (Å²) in [5.74, 6) is -0.0764. The van der Waals surface area contributed by atoms with Gasteiger partial charge in [-0.1, -0.05) is 37.5 Å². The molecule has 0 aliphatic carbocycles. The molecule has 0 saturated heterocycles. The Morgan fingerprint density at radius 2 is 1.92 bits per heavy atom. The molecule has 3 heterocycles. The Balaban J connectivity index is 1.59. The van der Waals surface area contributed by atoms with Gasteiger partial charge in [0.25, 0.3) is 5.88 Å². The third-order valence-corrected chi connectivity index (χ3v) is 6.17. The van der Waals surface area contributed by atoms with Gasteiger partial charge in [0.2, 0.25) is 0 Å². The molecule has 0 atom stereocenters. The maximum Gasteiger partial charge on any atom is 0.329 e. The molecule has 0 unspecified atom stereocenters. The number of rotatable bonds is 4. The summed E-state index contributed by atoms with van der Waals surface area (Å²) < 4.78 is 20.0. The van der Waals surface area contributed by atoms with Gasteiger partial charge in [-0.15, -0.1) is 0 Å². The van der Waals surface area contributed by atoms with E-state index in [-0.39, 0.29) is 29.2 Å². The molecule has 0 saturated carbocycles. The van der Waals surface area contributed by atoms with Crippen molar-refractivity contribution in [3.63, 3.8) is 0 Å². The average Bonchev–Trinajstić information content (AvgIpc) is 3.18. The molecular weight excluding hydrogens is 489 g/mol. The van der Waals surface area contributed by atoms with Crippen LogP contribution in [0.25, 0.3) is 0 Å². The fourth-order valence-corrected chi connectivity index (χ4v) is 4.28. The summed E-state index contributed by atoms with van der Waals surface area (Å²) >= 11 is 6.29. The number of aryl methyl sites for hydroxylation is 1. The lowest BCUT2D eigenvalue weighted by Gasteiger charge is -2.35. The smallest absolute Gasteiger partial charge is 0.329 e. The number of carbonyl (C=O) groups is 2. The number of nitrogens with zero attached hydrogens (tertiary/aromatic N) is 4. The van der Waals surface area contributed by atoms with Crippen molar-refractivity contribution in [1.29, 1.82) is 0 Å². The molecule has 0 spiro atoms. The Hall–Kier alpha value is -3.86. The van der Waals surface area contributed by atoms with E-state index in [9.17, 15) is 14.0 Å². The molecular formula is C24H27ClFN7O3. The monoisotopic (exact) mass is 515 g/mol. The number of amides is 4. The highest BCUT2D eigenvalue weighted by Crippen LogP contribution is 2.36. The maximum atomic E-state index is 14.8. The van der Waals surface area contributed by atoms with Gasteiger partial charge in [-0.05, 0) is 24.6 Å².